The van der Waals surface area contributed by atoms with Crippen LogP contribution in [0.2, 0.25) is 10.0 Å². The van der Waals surface area contributed by atoms with E-state index in [-0.39, 0.29) is 6.10 Å². The lowest BCUT2D eigenvalue weighted by molar-refractivity contribution is 0.0810. The second-order valence-corrected chi connectivity index (χ2v) is 4.42. The van der Waals surface area contributed by atoms with Crippen molar-refractivity contribution in [3.8, 4) is 5.75 Å². The molecule has 0 saturated heterocycles. The van der Waals surface area contributed by atoms with E-state index in [0.29, 0.717) is 28.9 Å². The molecule has 96 valence electrons. The summed E-state index contributed by atoms with van der Waals surface area (Å²) in [5, 5.41) is 4.31. The zero-order valence-corrected chi connectivity index (χ0v) is 11.5. The maximum absolute atomic E-state index is 6.04. The molecule has 0 fully saturated rings. The average molecular weight is 278 g/mol. The largest absolute Gasteiger partial charge is 0.485 e. The minimum atomic E-state index is -0.0707. The standard InChI is InChI=1S/C12H17Cl2NO2/c1-3-15-7-10(8-16-2)17-12-5-4-9(13)6-11(12)14/h4-6,10,15H,3,7-8H2,1-2H3. The van der Waals surface area contributed by atoms with Gasteiger partial charge in [0.15, 0.2) is 0 Å². The van der Waals surface area contributed by atoms with Crippen LogP contribution in [0.5, 0.6) is 5.75 Å². The minimum Gasteiger partial charge on any atom is -0.485 e. The van der Waals surface area contributed by atoms with Crippen molar-refractivity contribution < 1.29 is 9.47 Å². The summed E-state index contributed by atoms with van der Waals surface area (Å²) in [4.78, 5) is 0. The number of halogens is 2. The van der Waals surface area contributed by atoms with Crippen LogP contribution in [0, 0.1) is 0 Å². The van der Waals surface area contributed by atoms with Gasteiger partial charge in [-0.2, -0.15) is 0 Å². The number of likely N-dealkylation sites (N-methyl/N-ethyl adjacent to an activating group) is 1. The van der Waals surface area contributed by atoms with E-state index in [1.807, 2.05) is 6.92 Å². The molecule has 5 heteroatoms. The Hall–Kier alpha value is -0.480. The Labute approximate surface area is 112 Å². The first kappa shape index (κ1) is 14.6. The van der Waals surface area contributed by atoms with Crippen molar-refractivity contribution in [3.05, 3.63) is 28.2 Å². The van der Waals surface area contributed by atoms with Gasteiger partial charge in [0.25, 0.3) is 0 Å². The molecule has 3 nitrogen and oxygen atoms in total. The highest BCUT2D eigenvalue weighted by Crippen LogP contribution is 2.28. The van der Waals surface area contributed by atoms with Crippen LogP contribution in [-0.4, -0.2) is 32.9 Å². The Bertz CT molecular complexity index is 347. The van der Waals surface area contributed by atoms with E-state index in [9.17, 15) is 0 Å². The van der Waals surface area contributed by atoms with Gasteiger partial charge in [0.1, 0.15) is 11.9 Å². The first-order valence-corrected chi connectivity index (χ1v) is 6.24. The molecule has 0 spiro atoms. The molecule has 1 atom stereocenters. The summed E-state index contributed by atoms with van der Waals surface area (Å²) in [5.41, 5.74) is 0. The Morgan fingerprint density at radius 1 is 1.35 bits per heavy atom. The van der Waals surface area contributed by atoms with Gasteiger partial charge >= 0.3 is 0 Å². The Morgan fingerprint density at radius 3 is 2.71 bits per heavy atom. The smallest absolute Gasteiger partial charge is 0.138 e. The van der Waals surface area contributed by atoms with Crippen LogP contribution in [0.15, 0.2) is 18.2 Å². The number of benzene rings is 1. The molecule has 1 aromatic rings. The summed E-state index contributed by atoms with van der Waals surface area (Å²) in [6.45, 7) is 4.15. The lowest BCUT2D eigenvalue weighted by atomic mass is 10.3. The quantitative estimate of drug-likeness (QED) is 0.831. The Balaban J connectivity index is 2.64. The van der Waals surface area contributed by atoms with Crippen LogP contribution in [0.1, 0.15) is 6.92 Å². The molecule has 0 saturated carbocycles. The van der Waals surface area contributed by atoms with E-state index in [1.54, 1.807) is 25.3 Å². The topological polar surface area (TPSA) is 30.5 Å². The zero-order valence-electron chi connectivity index (χ0n) is 10.0. The number of methoxy groups -OCH3 is 1. The van der Waals surface area contributed by atoms with Gasteiger partial charge in [0.05, 0.1) is 11.6 Å². The first-order valence-electron chi connectivity index (χ1n) is 5.48. The lowest BCUT2D eigenvalue weighted by Gasteiger charge is -2.19. The molecule has 1 N–H and O–H groups in total. The maximum Gasteiger partial charge on any atom is 0.138 e. The molecule has 0 amide bonds. The summed E-state index contributed by atoms with van der Waals surface area (Å²) >= 11 is 11.9. The van der Waals surface area contributed by atoms with Crippen molar-refractivity contribution in [3.63, 3.8) is 0 Å². The predicted molar refractivity (Wildman–Crippen MR) is 71.3 cm³/mol. The molecular weight excluding hydrogens is 261 g/mol. The molecule has 0 aliphatic rings. The molecule has 1 unspecified atom stereocenters. The maximum atomic E-state index is 6.04. The van der Waals surface area contributed by atoms with E-state index >= 15 is 0 Å². The third kappa shape index (κ3) is 5.13. The highest BCUT2D eigenvalue weighted by atomic mass is 35.5. The summed E-state index contributed by atoms with van der Waals surface area (Å²) < 4.78 is 10.9. The van der Waals surface area contributed by atoms with Crippen LogP contribution in [0.4, 0.5) is 0 Å². The van der Waals surface area contributed by atoms with E-state index in [0.717, 1.165) is 6.54 Å². The molecule has 0 aromatic heterocycles. The van der Waals surface area contributed by atoms with Gasteiger partial charge in [-0.3, -0.25) is 0 Å². The van der Waals surface area contributed by atoms with E-state index in [2.05, 4.69) is 5.32 Å². The van der Waals surface area contributed by atoms with Crippen molar-refractivity contribution >= 4 is 23.2 Å². The normalized spacial score (nSPS) is 12.5. The number of hydrogen-bond donors (Lipinski definition) is 1. The highest BCUT2D eigenvalue weighted by molar-refractivity contribution is 6.35. The van der Waals surface area contributed by atoms with Crippen LogP contribution in [0.25, 0.3) is 0 Å². The SMILES string of the molecule is CCNCC(COC)Oc1ccc(Cl)cc1Cl. The third-order valence-electron chi connectivity index (χ3n) is 2.16. The molecule has 0 heterocycles. The van der Waals surface area contributed by atoms with E-state index in [4.69, 9.17) is 32.7 Å². The fraction of sp³-hybridized carbons (Fsp3) is 0.500. The average Bonchev–Trinajstić information content (AvgIpc) is 2.29. The second kappa shape index (κ2) is 7.77. The van der Waals surface area contributed by atoms with Gasteiger partial charge in [0, 0.05) is 18.7 Å². The predicted octanol–water partition coefficient (Wildman–Crippen LogP) is 3.00. The lowest BCUT2D eigenvalue weighted by Crippen LogP contribution is -2.34. The zero-order chi connectivity index (χ0) is 12.7. The van der Waals surface area contributed by atoms with Crippen molar-refractivity contribution in [1.29, 1.82) is 0 Å². The first-order chi connectivity index (χ1) is 8.17. The molecule has 0 bridgehead atoms. The molecule has 0 aliphatic carbocycles. The highest BCUT2D eigenvalue weighted by Gasteiger charge is 2.12. The van der Waals surface area contributed by atoms with Crippen LogP contribution in [0.3, 0.4) is 0 Å². The van der Waals surface area contributed by atoms with Crippen molar-refractivity contribution in [2.24, 2.45) is 0 Å². The molecule has 0 radical (unpaired) electrons. The number of hydrogen-bond acceptors (Lipinski definition) is 3. The van der Waals surface area contributed by atoms with Gasteiger partial charge in [-0.15, -0.1) is 0 Å². The van der Waals surface area contributed by atoms with Crippen LogP contribution < -0.4 is 10.1 Å². The summed E-state index contributed by atoms with van der Waals surface area (Å²) in [5.74, 6) is 0.621. The Morgan fingerprint density at radius 2 is 2.12 bits per heavy atom. The monoisotopic (exact) mass is 277 g/mol. The number of nitrogens with one attached hydrogen (secondary N) is 1. The minimum absolute atomic E-state index is 0.0707. The fourth-order valence-corrected chi connectivity index (χ4v) is 1.83. The summed E-state index contributed by atoms with van der Waals surface area (Å²) in [6, 6.07) is 5.18. The summed E-state index contributed by atoms with van der Waals surface area (Å²) in [6.07, 6.45) is -0.0707. The molecule has 1 aromatic carbocycles. The molecule has 1 rings (SSSR count). The van der Waals surface area contributed by atoms with Crippen molar-refractivity contribution in [1.82, 2.24) is 5.32 Å². The molecule has 17 heavy (non-hydrogen) atoms. The van der Waals surface area contributed by atoms with E-state index in [1.165, 1.54) is 0 Å². The Kier molecular flexibility index (Phi) is 6.66. The van der Waals surface area contributed by atoms with Crippen molar-refractivity contribution in [2.75, 3.05) is 26.8 Å². The number of ether oxygens (including phenoxy) is 2. The fourth-order valence-electron chi connectivity index (χ4n) is 1.38. The van der Waals surface area contributed by atoms with Gasteiger partial charge in [0.2, 0.25) is 0 Å². The summed E-state index contributed by atoms with van der Waals surface area (Å²) in [7, 11) is 1.64. The van der Waals surface area contributed by atoms with Crippen LogP contribution >= 0.6 is 23.2 Å². The van der Waals surface area contributed by atoms with Gasteiger partial charge < -0.3 is 14.8 Å². The molecular formula is C12H17Cl2NO2. The van der Waals surface area contributed by atoms with Gasteiger partial charge in [-0.1, -0.05) is 30.1 Å². The molecule has 0 aliphatic heterocycles. The van der Waals surface area contributed by atoms with Crippen molar-refractivity contribution in [2.45, 2.75) is 13.0 Å². The van der Waals surface area contributed by atoms with Gasteiger partial charge in [-0.05, 0) is 24.7 Å². The van der Waals surface area contributed by atoms with Crippen LogP contribution in [-0.2, 0) is 4.74 Å². The van der Waals surface area contributed by atoms with E-state index < -0.39 is 0 Å². The van der Waals surface area contributed by atoms with Gasteiger partial charge in [-0.25, -0.2) is 0 Å². The second-order valence-electron chi connectivity index (χ2n) is 3.58. The third-order valence-corrected chi connectivity index (χ3v) is 2.69. The number of rotatable bonds is 7.